The first-order chi connectivity index (χ1) is 14.6. The number of anilines is 1. The number of benzene rings is 1. The number of amides is 1. The second kappa shape index (κ2) is 8.95. The molecule has 0 saturated carbocycles. The summed E-state index contributed by atoms with van der Waals surface area (Å²) in [6.45, 7) is 2.77. The second-order valence-electron chi connectivity index (χ2n) is 6.57. The molecule has 0 fully saturated rings. The van der Waals surface area contributed by atoms with E-state index in [0.717, 1.165) is 16.6 Å². The van der Waals surface area contributed by atoms with Gasteiger partial charge in [-0.25, -0.2) is 9.36 Å². The number of ether oxygens (including phenoxy) is 1. The molecule has 0 unspecified atom stereocenters. The van der Waals surface area contributed by atoms with Crippen LogP contribution in [0.25, 0.3) is 0 Å². The molecule has 0 saturated heterocycles. The van der Waals surface area contributed by atoms with E-state index in [1.54, 1.807) is 44.9 Å². The first-order valence-electron chi connectivity index (χ1n) is 9.36. The van der Waals surface area contributed by atoms with Crippen LogP contribution in [0.5, 0.6) is 5.75 Å². The van der Waals surface area contributed by atoms with Crippen molar-refractivity contribution >= 4 is 27.5 Å². The number of carbonyl (C=O) groups excluding carboxylic acids is 1. The van der Waals surface area contributed by atoms with Gasteiger partial charge in [-0.3, -0.25) is 9.48 Å². The molecule has 0 aliphatic rings. The van der Waals surface area contributed by atoms with E-state index in [4.69, 9.17) is 4.74 Å². The summed E-state index contributed by atoms with van der Waals surface area (Å²) in [7, 11) is 0. The highest BCUT2D eigenvalue weighted by molar-refractivity contribution is 9.10. The predicted octanol–water partition coefficient (Wildman–Crippen LogP) is 3.40. The molecule has 1 aromatic carbocycles. The number of halogens is 1. The lowest BCUT2D eigenvalue weighted by atomic mass is 10.2. The molecular formula is C20H20BrN7O2. The van der Waals surface area contributed by atoms with Crippen LogP contribution < -0.4 is 10.1 Å². The Hall–Kier alpha value is -3.40. The Morgan fingerprint density at radius 1 is 1.07 bits per heavy atom. The molecule has 30 heavy (non-hydrogen) atoms. The van der Waals surface area contributed by atoms with Crippen LogP contribution in [0.3, 0.4) is 0 Å². The highest BCUT2D eigenvalue weighted by atomic mass is 79.9. The summed E-state index contributed by atoms with van der Waals surface area (Å²) in [5.74, 6) is 0.453. The fourth-order valence-electron chi connectivity index (χ4n) is 2.78. The zero-order chi connectivity index (χ0) is 20.9. The Bertz CT molecular complexity index is 1130. The van der Waals surface area contributed by atoms with Gasteiger partial charge in [-0.2, -0.15) is 15.3 Å². The summed E-state index contributed by atoms with van der Waals surface area (Å²) < 4.78 is 11.5. The molecular weight excluding hydrogens is 450 g/mol. The first kappa shape index (κ1) is 19.9. The number of hydrogen-bond donors (Lipinski definition) is 1. The topological polar surface area (TPSA) is 91.8 Å². The molecule has 9 nitrogen and oxygen atoms in total. The van der Waals surface area contributed by atoms with E-state index in [1.165, 1.54) is 5.56 Å². The molecule has 0 radical (unpaired) electrons. The minimum Gasteiger partial charge on any atom is -0.471 e. The maximum absolute atomic E-state index is 12.4. The third kappa shape index (κ3) is 4.95. The van der Waals surface area contributed by atoms with Crippen molar-refractivity contribution in [2.75, 3.05) is 5.32 Å². The van der Waals surface area contributed by atoms with E-state index < -0.39 is 0 Å². The molecule has 4 rings (SSSR count). The van der Waals surface area contributed by atoms with Crippen LogP contribution in [0.4, 0.5) is 5.69 Å². The van der Waals surface area contributed by atoms with Crippen molar-refractivity contribution < 1.29 is 9.53 Å². The predicted molar refractivity (Wildman–Crippen MR) is 114 cm³/mol. The average Bonchev–Trinajstić information content (AvgIpc) is 3.49. The van der Waals surface area contributed by atoms with Gasteiger partial charge in [0, 0.05) is 12.4 Å². The smallest absolute Gasteiger partial charge is 0.276 e. The number of nitrogens with zero attached hydrogens (tertiary/aromatic N) is 6. The SMILES string of the molecule is CCc1ccc(OCn2cc(NC(=O)c3ccn(Cn4cc(Br)cn4)n3)cn2)cc1. The lowest BCUT2D eigenvalue weighted by molar-refractivity contribution is 0.102. The van der Waals surface area contributed by atoms with E-state index in [9.17, 15) is 4.79 Å². The van der Waals surface area contributed by atoms with Crippen molar-refractivity contribution in [1.82, 2.24) is 29.3 Å². The van der Waals surface area contributed by atoms with Crippen molar-refractivity contribution in [3.8, 4) is 5.75 Å². The molecule has 0 spiro atoms. The molecule has 1 amide bonds. The van der Waals surface area contributed by atoms with E-state index >= 15 is 0 Å². The molecule has 3 aromatic heterocycles. The fourth-order valence-corrected chi connectivity index (χ4v) is 3.11. The van der Waals surface area contributed by atoms with E-state index in [2.05, 4.69) is 43.5 Å². The van der Waals surface area contributed by atoms with Crippen LogP contribution in [0.15, 0.2) is 65.8 Å². The van der Waals surface area contributed by atoms with Crippen molar-refractivity contribution in [2.24, 2.45) is 0 Å². The largest absolute Gasteiger partial charge is 0.471 e. The van der Waals surface area contributed by atoms with Gasteiger partial charge in [0.25, 0.3) is 5.91 Å². The van der Waals surface area contributed by atoms with E-state index in [-0.39, 0.29) is 12.6 Å². The van der Waals surface area contributed by atoms with Crippen LogP contribution in [-0.4, -0.2) is 35.2 Å². The van der Waals surface area contributed by atoms with Crippen molar-refractivity contribution in [2.45, 2.75) is 26.7 Å². The molecule has 0 atom stereocenters. The standard InChI is InChI=1S/C20H20BrN7O2/c1-2-15-3-5-18(6-4-15)30-14-28-12-17(10-23-28)24-20(29)19-7-8-26(25-19)13-27-11-16(21)9-22-27/h3-12H,2,13-14H2,1H3,(H,24,29). The second-order valence-corrected chi connectivity index (χ2v) is 7.49. The number of nitrogens with one attached hydrogen (secondary N) is 1. The third-order valence-corrected chi connectivity index (χ3v) is 4.76. The maximum atomic E-state index is 12.4. The Balaban J connectivity index is 1.31. The number of aromatic nitrogens is 6. The summed E-state index contributed by atoms with van der Waals surface area (Å²) in [5.41, 5.74) is 2.13. The van der Waals surface area contributed by atoms with Crippen LogP contribution in [0.2, 0.25) is 0 Å². The van der Waals surface area contributed by atoms with E-state index in [1.807, 2.05) is 30.5 Å². The molecule has 0 aliphatic carbocycles. The average molecular weight is 470 g/mol. The Kier molecular flexibility index (Phi) is 5.94. The highest BCUT2D eigenvalue weighted by Gasteiger charge is 2.11. The molecule has 154 valence electrons. The zero-order valence-electron chi connectivity index (χ0n) is 16.3. The van der Waals surface area contributed by atoms with Gasteiger partial charge in [-0.05, 0) is 46.1 Å². The lowest BCUT2D eigenvalue weighted by Crippen LogP contribution is -2.14. The lowest BCUT2D eigenvalue weighted by Gasteiger charge is -2.06. The van der Waals surface area contributed by atoms with Gasteiger partial charge in [0.05, 0.1) is 28.8 Å². The summed E-state index contributed by atoms with van der Waals surface area (Å²) >= 11 is 3.35. The Labute approximate surface area is 181 Å². The first-order valence-corrected chi connectivity index (χ1v) is 10.2. The third-order valence-electron chi connectivity index (χ3n) is 4.35. The number of rotatable bonds is 8. The summed E-state index contributed by atoms with van der Waals surface area (Å²) in [4.78, 5) is 12.4. The van der Waals surface area contributed by atoms with Crippen molar-refractivity contribution in [3.63, 3.8) is 0 Å². The van der Waals surface area contributed by atoms with Crippen molar-refractivity contribution in [1.29, 1.82) is 0 Å². The number of hydrogen-bond acceptors (Lipinski definition) is 5. The molecule has 0 bridgehead atoms. The van der Waals surface area contributed by atoms with Crippen molar-refractivity contribution in [3.05, 3.63) is 77.0 Å². The number of aryl methyl sites for hydroxylation is 1. The summed E-state index contributed by atoms with van der Waals surface area (Å²) in [5, 5.41) is 15.5. The van der Waals surface area contributed by atoms with Gasteiger partial charge in [0.15, 0.2) is 12.4 Å². The minimum atomic E-state index is -0.314. The van der Waals surface area contributed by atoms with Gasteiger partial charge in [-0.1, -0.05) is 19.1 Å². The zero-order valence-corrected chi connectivity index (χ0v) is 17.9. The van der Waals surface area contributed by atoms with Gasteiger partial charge >= 0.3 is 0 Å². The van der Waals surface area contributed by atoms with Gasteiger partial charge in [0.2, 0.25) is 0 Å². The van der Waals surface area contributed by atoms with Crippen LogP contribution in [0, 0.1) is 0 Å². The maximum Gasteiger partial charge on any atom is 0.276 e. The summed E-state index contributed by atoms with van der Waals surface area (Å²) in [6.07, 6.45) is 9.51. The molecule has 0 aliphatic heterocycles. The Morgan fingerprint density at radius 3 is 2.60 bits per heavy atom. The van der Waals surface area contributed by atoms with Gasteiger partial charge in [0.1, 0.15) is 12.4 Å². The van der Waals surface area contributed by atoms with E-state index in [0.29, 0.717) is 18.1 Å². The van der Waals surface area contributed by atoms with Crippen LogP contribution in [-0.2, 0) is 19.8 Å². The minimum absolute atomic E-state index is 0.245. The molecule has 1 N–H and O–H groups in total. The van der Waals surface area contributed by atoms with Gasteiger partial charge < -0.3 is 10.1 Å². The Morgan fingerprint density at radius 2 is 1.87 bits per heavy atom. The normalized spacial score (nSPS) is 10.9. The summed E-state index contributed by atoms with van der Waals surface area (Å²) in [6, 6.07) is 9.59. The molecule has 4 aromatic rings. The molecule has 10 heteroatoms. The van der Waals surface area contributed by atoms with Crippen LogP contribution in [0.1, 0.15) is 23.0 Å². The van der Waals surface area contributed by atoms with Gasteiger partial charge in [-0.15, -0.1) is 0 Å². The highest BCUT2D eigenvalue weighted by Crippen LogP contribution is 2.14. The quantitative estimate of drug-likeness (QED) is 0.426. The fraction of sp³-hybridized carbons (Fsp3) is 0.200. The monoisotopic (exact) mass is 469 g/mol. The van der Waals surface area contributed by atoms with Crippen LogP contribution >= 0.6 is 15.9 Å². The number of carbonyl (C=O) groups is 1. The molecule has 3 heterocycles.